The van der Waals surface area contributed by atoms with Gasteiger partial charge in [-0.1, -0.05) is 30.3 Å². The van der Waals surface area contributed by atoms with Gasteiger partial charge in [-0.15, -0.1) is 0 Å². The Morgan fingerprint density at radius 1 is 1.19 bits per heavy atom. The molecule has 1 unspecified atom stereocenters. The topological polar surface area (TPSA) is 93.4 Å². The number of hydrogen-bond acceptors (Lipinski definition) is 6. The molecule has 2 aromatic heterocycles. The van der Waals surface area contributed by atoms with Crippen LogP contribution in [0.3, 0.4) is 0 Å². The number of piperidine rings is 1. The first-order chi connectivity index (χ1) is 15.0. The molecule has 2 aliphatic heterocycles. The van der Waals surface area contributed by atoms with E-state index in [1.165, 1.54) is 11.8 Å². The summed E-state index contributed by atoms with van der Waals surface area (Å²) in [5, 5.41) is 3.10. The fourth-order valence-electron chi connectivity index (χ4n) is 4.76. The van der Waals surface area contributed by atoms with E-state index in [1.807, 2.05) is 29.5 Å². The molecule has 1 saturated heterocycles. The molecule has 0 radical (unpaired) electrons. The van der Waals surface area contributed by atoms with Crippen LogP contribution in [0.5, 0.6) is 0 Å². The van der Waals surface area contributed by atoms with E-state index < -0.39 is 10.0 Å². The van der Waals surface area contributed by atoms with Gasteiger partial charge in [-0.25, -0.2) is 18.4 Å². The van der Waals surface area contributed by atoms with Gasteiger partial charge in [0.25, 0.3) is 0 Å². The second kappa shape index (κ2) is 8.23. The summed E-state index contributed by atoms with van der Waals surface area (Å²) in [5.41, 5.74) is 7.65. The molecular formula is C22H28N6O2S. The number of likely N-dealkylation sites (tertiary alicyclic amines) is 1. The van der Waals surface area contributed by atoms with E-state index in [1.54, 1.807) is 0 Å². The van der Waals surface area contributed by atoms with Gasteiger partial charge in [-0.05, 0) is 43.5 Å². The number of hydrazine groups is 1. The summed E-state index contributed by atoms with van der Waals surface area (Å²) in [4.78, 5) is 10.0. The van der Waals surface area contributed by atoms with Crippen LogP contribution in [0.4, 0.5) is 5.69 Å². The van der Waals surface area contributed by atoms with Crippen molar-refractivity contribution < 1.29 is 8.42 Å². The molecule has 0 aliphatic carbocycles. The number of pyridine rings is 1. The zero-order chi connectivity index (χ0) is 21.4. The standard InChI is InChI=1S/C22H28N6O2S/c1-31(29,30)26-22(17-8-11-27(12-9-17)14-16-5-3-2-4-6-16)28-15-19-18-7-10-23-21(18)24-13-20(19)25-28/h2-7,10,13,17,22,25-26H,8-9,11-12,14-15H2,1H3,(H,23,24). The van der Waals surface area contributed by atoms with Crippen molar-refractivity contribution in [2.75, 3.05) is 24.8 Å². The van der Waals surface area contributed by atoms with Gasteiger partial charge in [0.2, 0.25) is 10.0 Å². The number of rotatable bonds is 6. The van der Waals surface area contributed by atoms with Gasteiger partial charge in [0.05, 0.1) is 24.3 Å². The van der Waals surface area contributed by atoms with Crippen molar-refractivity contribution in [3.8, 4) is 0 Å². The first-order valence-corrected chi connectivity index (χ1v) is 12.6. The Morgan fingerprint density at radius 2 is 1.97 bits per heavy atom. The Hall–Kier alpha value is -2.46. The molecule has 8 nitrogen and oxygen atoms in total. The summed E-state index contributed by atoms with van der Waals surface area (Å²) in [6.07, 6.45) is 6.50. The first kappa shape index (κ1) is 20.4. The van der Waals surface area contributed by atoms with Crippen LogP contribution in [0.15, 0.2) is 48.8 Å². The number of anilines is 1. The maximum atomic E-state index is 12.2. The molecule has 3 N–H and O–H groups in total. The van der Waals surface area contributed by atoms with Gasteiger partial charge < -0.3 is 10.4 Å². The predicted molar refractivity (Wildman–Crippen MR) is 121 cm³/mol. The Balaban J connectivity index is 1.31. The van der Waals surface area contributed by atoms with Crippen molar-refractivity contribution in [1.82, 2.24) is 24.6 Å². The molecule has 0 saturated carbocycles. The number of nitrogens with one attached hydrogen (secondary N) is 3. The van der Waals surface area contributed by atoms with Gasteiger partial charge in [0.1, 0.15) is 5.65 Å². The minimum absolute atomic E-state index is 0.221. The lowest BCUT2D eigenvalue weighted by Crippen LogP contribution is -2.54. The lowest BCUT2D eigenvalue weighted by molar-refractivity contribution is 0.0935. The number of fused-ring (bicyclic) bond motifs is 3. The average molecular weight is 441 g/mol. The lowest BCUT2D eigenvalue weighted by atomic mass is 9.93. The SMILES string of the molecule is CS(=O)(=O)NC(C1CCN(Cc2ccccc2)CC1)N1Cc2c(cnc3[nH]ccc23)N1. The van der Waals surface area contributed by atoms with Crippen LogP contribution >= 0.6 is 0 Å². The Kier molecular flexibility index (Phi) is 5.43. The summed E-state index contributed by atoms with van der Waals surface area (Å²) in [5.74, 6) is 0.221. The number of nitrogens with zero attached hydrogens (tertiary/aromatic N) is 3. The van der Waals surface area contributed by atoms with Gasteiger partial charge >= 0.3 is 0 Å². The summed E-state index contributed by atoms with van der Waals surface area (Å²) >= 11 is 0. The molecule has 0 amide bonds. The zero-order valence-electron chi connectivity index (χ0n) is 17.6. The number of hydrogen-bond donors (Lipinski definition) is 3. The van der Waals surface area contributed by atoms with E-state index in [2.05, 4.69) is 49.3 Å². The Bertz CT molecular complexity index is 1160. The highest BCUT2D eigenvalue weighted by atomic mass is 32.2. The van der Waals surface area contributed by atoms with E-state index in [-0.39, 0.29) is 12.1 Å². The molecule has 164 valence electrons. The first-order valence-electron chi connectivity index (χ1n) is 10.7. The van der Waals surface area contributed by atoms with Gasteiger partial charge in [-0.3, -0.25) is 4.90 Å². The second-order valence-corrected chi connectivity index (χ2v) is 10.3. The normalized spacial score (nSPS) is 19.4. The molecule has 0 bridgehead atoms. The summed E-state index contributed by atoms with van der Waals surface area (Å²) in [6.45, 7) is 3.46. The largest absolute Gasteiger partial charge is 0.346 e. The highest BCUT2D eigenvalue weighted by Crippen LogP contribution is 2.34. The molecule has 1 fully saturated rings. The predicted octanol–water partition coefficient (Wildman–Crippen LogP) is 2.49. The van der Waals surface area contributed by atoms with E-state index in [0.717, 1.165) is 54.8 Å². The minimum Gasteiger partial charge on any atom is -0.346 e. The van der Waals surface area contributed by atoms with Gasteiger partial charge in [-0.2, -0.15) is 4.72 Å². The number of aromatic nitrogens is 2. The molecule has 31 heavy (non-hydrogen) atoms. The van der Waals surface area contributed by atoms with Gasteiger partial charge in [0.15, 0.2) is 0 Å². The number of aromatic amines is 1. The Labute approximate surface area is 182 Å². The van der Waals surface area contributed by atoms with Crippen molar-refractivity contribution in [3.63, 3.8) is 0 Å². The highest BCUT2D eigenvalue weighted by molar-refractivity contribution is 7.88. The van der Waals surface area contributed by atoms with Crippen LogP contribution in [0.1, 0.15) is 24.0 Å². The molecule has 1 atom stereocenters. The number of benzene rings is 1. The smallest absolute Gasteiger partial charge is 0.210 e. The minimum atomic E-state index is -3.36. The fraction of sp³-hybridized carbons (Fsp3) is 0.409. The van der Waals surface area contributed by atoms with Crippen LogP contribution in [-0.4, -0.2) is 53.8 Å². The van der Waals surface area contributed by atoms with Crippen molar-refractivity contribution in [3.05, 3.63) is 59.9 Å². The fourth-order valence-corrected chi connectivity index (χ4v) is 5.52. The number of H-pyrrole nitrogens is 1. The molecule has 1 aromatic carbocycles. The molecule has 0 spiro atoms. The van der Waals surface area contributed by atoms with E-state index in [0.29, 0.717) is 6.54 Å². The molecule has 2 aliphatic rings. The van der Waals surface area contributed by atoms with Crippen LogP contribution in [0.25, 0.3) is 11.0 Å². The van der Waals surface area contributed by atoms with E-state index >= 15 is 0 Å². The van der Waals surface area contributed by atoms with Crippen molar-refractivity contribution in [2.45, 2.75) is 32.1 Å². The second-order valence-electron chi connectivity index (χ2n) is 8.56. The third-order valence-corrected chi connectivity index (χ3v) is 6.96. The molecular weight excluding hydrogens is 412 g/mol. The summed E-state index contributed by atoms with van der Waals surface area (Å²) < 4.78 is 27.3. The maximum absolute atomic E-state index is 12.2. The molecule has 9 heteroatoms. The van der Waals surface area contributed by atoms with Crippen molar-refractivity contribution >= 4 is 26.7 Å². The van der Waals surface area contributed by atoms with Crippen LogP contribution in [0.2, 0.25) is 0 Å². The van der Waals surface area contributed by atoms with Crippen LogP contribution < -0.4 is 10.1 Å². The third-order valence-electron chi connectivity index (χ3n) is 6.29. The zero-order valence-corrected chi connectivity index (χ0v) is 18.4. The Morgan fingerprint density at radius 3 is 2.71 bits per heavy atom. The highest BCUT2D eigenvalue weighted by Gasteiger charge is 2.36. The van der Waals surface area contributed by atoms with Crippen LogP contribution in [0, 0.1) is 5.92 Å². The van der Waals surface area contributed by atoms with Gasteiger partial charge in [0, 0.05) is 30.2 Å². The molecule has 5 rings (SSSR count). The number of sulfonamides is 1. The van der Waals surface area contributed by atoms with Crippen molar-refractivity contribution in [1.29, 1.82) is 0 Å². The van der Waals surface area contributed by atoms with E-state index in [4.69, 9.17) is 0 Å². The average Bonchev–Trinajstić information content (AvgIpc) is 3.39. The molecule has 3 aromatic rings. The van der Waals surface area contributed by atoms with Crippen LogP contribution in [-0.2, 0) is 23.1 Å². The summed E-state index contributed by atoms with van der Waals surface area (Å²) in [7, 11) is -3.36. The van der Waals surface area contributed by atoms with Crippen molar-refractivity contribution in [2.24, 2.45) is 5.92 Å². The maximum Gasteiger partial charge on any atom is 0.210 e. The quantitative estimate of drug-likeness (QED) is 0.545. The summed E-state index contributed by atoms with van der Waals surface area (Å²) in [6, 6.07) is 12.5. The lowest BCUT2D eigenvalue weighted by Gasteiger charge is -2.39. The molecule has 4 heterocycles. The van der Waals surface area contributed by atoms with E-state index in [9.17, 15) is 8.42 Å². The monoisotopic (exact) mass is 440 g/mol. The third kappa shape index (κ3) is 4.45.